The second kappa shape index (κ2) is 13.0. The molecule has 3 unspecified atom stereocenters. The SMILES string of the molecule is CCCCCCCCC(C(=O)OC(=O)C(O)CO)C(=O)C(O)CO. The van der Waals surface area contributed by atoms with Crippen molar-refractivity contribution < 1.29 is 39.5 Å². The second-order valence-corrected chi connectivity index (χ2v) is 5.65. The van der Waals surface area contributed by atoms with Crippen molar-refractivity contribution >= 4 is 17.7 Å². The number of hydrogen-bond acceptors (Lipinski definition) is 8. The molecule has 0 aliphatic rings. The van der Waals surface area contributed by atoms with E-state index in [4.69, 9.17) is 15.3 Å². The number of aliphatic hydroxyl groups is 4. The number of ether oxygens (including phenoxy) is 1. The minimum absolute atomic E-state index is 0.0728. The Bertz CT molecular complexity index is 396. The fraction of sp³-hybridized carbons (Fsp3) is 0.812. The normalized spacial score (nSPS) is 14.7. The molecule has 24 heavy (non-hydrogen) atoms. The quantitative estimate of drug-likeness (QED) is 0.202. The zero-order valence-corrected chi connectivity index (χ0v) is 14.0. The van der Waals surface area contributed by atoms with E-state index in [9.17, 15) is 19.5 Å². The number of aliphatic hydroxyl groups excluding tert-OH is 4. The lowest BCUT2D eigenvalue weighted by Gasteiger charge is -2.17. The third kappa shape index (κ3) is 8.49. The van der Waals surface area contributed by atoms with Crippen LogP contribution in [0.15, 0.2) is 0 Å². The van der Waals surface area contributed by atoms with Crippen molar-refractivity contribution in [1.82, 2.24) is 0 Å². The molecule has 8 heteroatoms. The molecule has 140 valence electrons. The van der Waals surface area contributed by atoms with Crippen LogP contribution in [0.5, 0.6) is 0 Å². The summed E-state index contributed by atoms with van der Waals surface area (Å²) in [6.07, 6.45) is 1.93. The molecule has 0 aromatic heterocycles. The number of carbonyl (C=O) groups excluding carboxylic acids is 3. The molecule has 0 aliphatic carbocycles. The third-order valence-electron chi connectivity index (χ3n) is 3.62. The summed E-state index contributed by atoms with van der Waals surface area (Å²) in [6.45, 7) is 0.326. The first kappa shape index (κ1) is 22.6. The van der Waals surface area contributed by atoms with Gasteiger partial charge in [0.15, 0.2) is 11.9 Å². The molecule has 0 aromatic carbocycles. The largest absolute Gasteiger partial charge is 0.393 e. The van der Waals surface area contributed by atoms with Crippen molar-refractivity contribution in [2.45, 2.75) is 64.1 Å². The van der Waals surface area contributed by atoms with Gasteiger partial charge in [0, 0.05) is 0 Å². The first-order chi connectivity index (χ1) is 11.4. The van der Waals surface area contributed by atoms with Gasteiger partial charge >= 0.3 is 11.9 Å². The van der Waals surface area contributed by atoms with Crippen molar-refractivity contribution in [3.63, 3.8) is 0 Å². The van der Waals surface area contributed by atoms with Crippen LogP contribution in [-0.4, -0.2) is 63.6 Å². The Morgan fingerprint density at radius 3 is 1.92 bits per heavy atom. The molecule has 4 N–H and O–H groups in total. The van der Waals surface area contributed by atoms with Gasteiger partial charge in [0.05, 0.1) is 13.2 Å². The third-order valence-corrected chi connectivity index (χ3v) is 3.62. The number of unbranched alkanes of at least 4 members (excludes halogenated alkanes) is 5. The van der Waals surface area contributed by atoms with Gasteiger partial charge in [0.25, 0.3) is 0 Å². The van der Waals surface area contributed by atoms with Crippen LogP contribution < -0.4 is 0 Å². The molecule has 0 rings (SSSR count). The number of Topliss-reactive ketones (excluding diaryl/α,β-unsaturated/α-hetero) is 1. The molecule has 0 bridgehead atoms. The van der Waals surface area contributed by atoms with E-state index in [1.54, 1.807) is 0 Å². The van der Waals surface area contributed by atoms with E-state index in [-0.39, 0.29) is 6.42 Å². The number of ketones is 1. The first-order valence-electron chi connectivity index (χ1n) is 8.26. The van der Waals surface area contributed by atoms with E-state index >= 15 is 0 Å². The fourth-order valence-electron chi connectivity index (χ4n) is 2.14. The molecular weight excluding hydrogens is 320 g/mol. The molecule has 0 saturated carbocycles. The Labute approximate surface area is 141 Å². The predicted molar refractivity (Wildman–Crippen MR) is 83.8 cm³/mol. The van der Waals surface area contributed by atoms with Crippen molar-refractivity contribution in [3.05, 3.63) is 0 Å². The summed E-state index contributed by atoms with van der Waals surface area (Å²) in [5.74, 6) is -4.88. The summed E-state index contributed by atoms with van der Waals surface area (Å²) in [5.41, 5.74) is 0. The number of carbonyl (C=O) groups is 3. The molecule has 0 aliphatic heterocycles. The molecule has 3 atom stereocenters. The second-order valence-electron chi connectivity index (χ2n) is 5.65. The summed E-state index contributed by atoms with van der Waals surface area (Å²) >= 11 is 0. The van der Waals surface area contributed by atoms with Gasteiger partial charge in [0.2, 0.25) is 0 Å². The lowest BCUT2D eigenvalue weighted by Crippen LogP contribution is -2.39. The summed E-state index contributed by atoms with van der Waals surface area (Å²) in [7, 11) is 0. The summed E-state index contributed by atoms with van der Waals surface area (Å²) in [5, 5.41) is 36.0. The van der Waals surface area contributed by atoms with E-state index in [1.165, 1.54) is 0 Å². The maximum atomic E-state index is 12.0. The summed E-state index contributed by atoms with van der Waals surface area (Å²) < 4.78 is 4.38. The Kier molecular flexibility index (Phi) is 12.3. The smallest absolute Gasteiger partial charge is 0.345 e. The molecule has 0 fully saturated rings. The number of hydrogen-bond donors (Lipinski definition) is 4. The molecule has 0 aromatic rings. The highest BCUT2D eigenvalue weighted by atomic mass is 16.6. The van der Waals surface area contributed by atoms with E-state index in [1.807, 2.05) is 0 Å². The van der Waals surface area contributed by atoms with Crippen molar-refractivity contribution in [2.24, 2.45) is 5.92 Å². The molecule has 0 saturated heterocycles. The maximum absolute atomic E-state index is 12.0. The maximum Gasteiger partial charge on any atom is 0.345 e. The van der Waals surface area contributed by atoms with E-state index in [0.29, 0.717) is 6.42 Å². The minimum Gasteiger partial charge on any atom is -0.393 e. The van der Waals surface area contributed by atoms with Crippen LogP contribution in [0.2, 0.25) is 0 Å². The van der Waals surface area contributed by atoms with Gasteiger partial charge in [-0.1, -0.05) is 45.4 Å². The highest BCUT2D eigenvalue weighted by molar-refractivity contribution is 6.04. The van der Waals surface area contributed by atoms with Crippen LogP contribution in [0.4, 0.5) is 0 Å². The van der Waals surface area contributed by atoms with Gasteiger partial charge in [-0.25, -0.2) is 4.79 Å². The highest BCUT2D eigenvalue weighted by Crippen LogP contribution is 2.17. The van der Waals surface area contributed by atoms with Crippen LogP contribution in [-0.2, 0) is 19.1 Å². The van der Waals surface area contributed by atoms with Gasteiger partial charge < -0.3 is 25.2 Å². The van der Waals surface area contributed by atoms with E-state index in [2.05, 4.69) is 11.7 Å². The lowest BCUT2D eigenvalue weighted by molar-refractivity contribution is -0.171. The number of rotatable bonds is 13. The Balaban J connectivity index is 4.66. The topological polar surface area (TPSA) is 141 Å². The highest BCUT2D eigenvalue weighted by Gasteiger charge is 2.34. The standard InChI is InChI=1S/C16H28O8/c1-2-3-4-5-6-7-8-11(14(21)12(19)9-17)15(22)24-16(23)13(20)10-18/h11-13,17-20H,2-10H2,1H3. The van der Waals surface area contributed by atoms with Crippen molar-refractivity contribution in [1.29, 1.82) is 0 Å². The van der Waals surface area contributed by atoms with Crippen LogP contribution in [0.1, 0.15) is 51.9 Å². The zero-order valence-electron chi connectivity index (χ0n) is 14.0. The summed E-state index contributed by atoms with van der Waals surface area (Å²) in [6, 6.07) is 0. The van der Waals surface area contributed by atoms with Crippen molar-refractivity contribution in [2.75, 3.05) is 13.2 Å². The van der Waals surface area contributed by atoms with Gasteiger partial charge in [-0.15, -0.1) is 0 Å². The molecule has 0 radical (unpaired) electrons. The van der Waals surface area contributed by atoms with Gasteiger partial charge in [-0.3, -0.25) is 9.59 Å². The zero-order chi connectivity index (χ0) is 18.5. The fourth-order valence-corrected chi connectivity index (χ4v) is 2.14. The van der Waals surface area contributed by atoms with Gasteiger partial charge in [-0.2, -0.15) is 0 Å². The monoisotopic (exact) mass is 348 g/mol. The molecule has 8 nitrogen and oxygen atoms in total. The molecular formula is C16H28O8. The van der Waals surface area contributed by atoms with Crippen LogP contribution in [0.25, 0.3) is 0 Å². The summed E-state index contributed by atoms with van der Waals surface area (Å²) in [4.78, 5) is 35.2. The Hall–Kier alpha value is -1.35. The average Bonchev–Trinajstić information content (AvgIpc) is 2.58. The first-order valence-corrected chi connectivity index (χ1v) is 8.26. The van der Waals surface area contributed by atoms with Crippen LogP contribution in [0, 0.1) is 5.92 Å². The van der Waals surface area contributed by atoms with Gasteiger partial charge in [0.1, 0.15) is 12.0 Å². The minimum atomic E-state index is -1.87. The molecule has 0 spiro atoms. The van der Waals surface area contributed by atoms with E-state index < -0.39 is 49.1 Å². The predicted octanol–water partition coefficient (Wildman–Crippen LogP) is -0.302. The molecule has 0 amide bonds. The molecule has 0 heterocycles. The van der Waals surface area contributed by atoms with Crippen molar-refractivity contribution in [3.8, 4) is 0 Å². The van der Waals surface area contributed by atoms with Crippen LogP contribution >= 0.6 is 0 Å². The van der Waals surface area contributed by atoms with Crippen LogP contribution in [0.3, 0.4) is 0 Å². The van der Waals surface area contributed by atoms with E-state index in [0.717, 1.165) is 32.1 Å². The van der Waals surface area contributed by atoms with Gasteiger partial charge in [-0.05, 0) is 6.42 Å². The Morgan fingerprint density at radius 1 is 0.833 bits per heavy atom. The number of esters is 2. The average molecular weight is 348 g/mol. The Morgan fingerprint density at radius 2 is 1.38 bits per heavy atom. The lowest BCUT2D eigenvalue weighted by atomic mass is 9.93.